The van der Waals surface area contributed by atoms with Crippen LogP contribution in [-0.2, 0) is 20.9 Å². The highest BCUT2D eigenvalue weighted by Gasteiger charge is 2.71. The summed E-state index contributed by atoms with van der Waals surface area (Å²) in [5.74, 6) is -1.73. The first-order chi connectivity index (χ1) is 17.9. The summed E-state index contributed by atoms with van der Waals surface area (Å²) in [6.45, 7) is 5.45. The zero-order valence-electron chi connectivity index (χ0n) is 22.1. The van der Waals surface area contributed by atoms with Crippen molar-refractivity contribution < 1.29 is 27.9 Å². The summed E-state index contributed by atoms with van der Waals surface area (Å²) in [6, 6.07) is 3.98. The molecule has 1 unspecified atom stereocenters. The summed E-state index contributed by atoms with van der Waals surface area (Å²) in [5.41, 5.74) is -0.265. The van der Waals surface area contributed by atoms with Gasteiger partial charge in [-0.15, -0.1) is 0 Å². The molecule has 1 heterocycles. The molecule has 1 aromatic rings. The Hall–Kier alpha value is -2.23. The van der Waals surface area contributed by atoms with Crippen LogP contribution in [0.5, 0.6) is 0 Å². The molecule has 1 aromatic carbocycles. The van der Waals surface area contributed by atoms with E-state index in [-0.39, 0.29) is 55.1 Å². The second kappa shape index (κ2) is 10.1. The van der Waals surface area contributed by atoms with E-state index in [1.54, 1.807) is 32.9 Å². The lowest BCUT2D eigenvalue weighted by molar-refractivity contribution is -0.138. The van der Waals surface area contributed by atoms with Crippen LogP contribution in [0.3, 0.4) is 0 Å². The molecule has 0 radical (unpaired) electrons. The molecule has 3 saturated carbocycles. The van der Waals surface area contributed by atoms with Crippen molar-refractivity contribution in [3.63, 3.8) is 0 Å². The van der Waals surface area contributed by atoms with Gasteiger partial charge in [0, 0.05) is 23.1 Å². The number of halogens is 3. The van der Waals surface area contributed by atoms with Crippen molar-refractivity contribution in [2.75, 3.05) is 13.1 Å². The van der Waals surface area contributed by atoms with Crippen LogP contribution in [-0.4, -0.2) is 53.7 Å². The van der Waals surface area contributed by atoms with Crippen LogP contribution in [0.4, 0.5) is 13.6 Å². The first-order valence-electron chi connectivity index (χ1n) is 13.5. The average molecular weight is 597 g/mol. The summed E-state index contributed by atoms with van der Waals surface area (Å²) in [6.07, 6.45) is 2.10. The van der Waals surface area contributed by atoms with Gasteiger partial charge >= 0.3 is 6.09 Å². The largest absolute Gasteiger partial charge is 0.444 e. The lowest BCUT2D eigenvalue weighted by Gasteiger charge is -2.37. The smallest absolute Gasteiger partial charge is 0.410 e. The number of carbonyl (C=O) groups excluding carboxylic acids is 3. The van der Waals surface area contributed by atoms with Crippen LogP contribution in [0.2, 0.25) is 0 Å². The van der Waals surface area contributed by atoms with Crippen LogP contribution in [0.15, 0.2) is 22.7 Å². The first kappa shape index (κ1) is 27.3. The Bertz CT molecular complexity index is 1120. The number of amides is 3. The zero-order chi connectivity index (χ0) is 27.4. The van der Waals surface area contributed by atoms with E-state index in [2.05, 4.69) is 26.6 Å². The third-order valence-corrected chi connectivity index (χ3v) is 9.43. The summed E-state index contributed by atoms with van der Waals surface area (Å²) < 4.78 is 35.4. The highest BCUT2D eigenvalue weighted by atomic mass is 79.9. The van der Waals surface area contributed by atoms with Crippen LogP contribution < -0.4 is 10.6 Å². The molecule has 1 aliphatic heterocycles. The maximum atomic E-state index is 15.1. The van der Waals surface area contributed by atoms with Crippen molar-refractivity contribution in [2.45, 2.75) is 77.2 Å². The summed E-state index contributed by atoms with van der Waals surface area (Å²) in [4.78, 5) is 40.8. The van der Waals surface area contributed by atoms with Crippen molar-refractivity contribution in [3.05, 3.63) is 34.1 Å². The Morgan fingerprint density at radius 1 is 1.11 bits per heavy atom. The molecule has 208 valence electrons. The number of nitrogens with one attached hydrogen (secondary N) is 2. The second-order valence-corrected chi connectivity index (χ2v) is 13.3. The number of ether oxygens (including phenoxy) is 1. The number of carbonyl (C=O) groups is 3. The topological polar surface area (TPSA) is 87.7 Å². The minimum Gasteiger partial charge on any atom is -0.444 e. The zero-order valence-corrected chi connectivity index (χ0v) is 23.7. The van der Waals surface area contributed by atoms with Gasteiger partial charge in [0.2, 0.25) is 11.8 Å². The van der Waals surface area contributed by atoms with Gasteiger partial charge in [0.25, 0.3) is 0 Å². The van der Waals surface area contributed by atoms with Gasteiger partial charge in [0.15, 0.2) is 0 Å². The second-order valence-electron chi connectivity index (χ2n) is 12.4. The third-order valence-electron chi connectivity index (χ3n) is 8.94. The molecular weight excluding hydrogens is 560 g/mol. The van der Waals surface area contributed by atoms with Crippen molar-refractivity contribution in [3.8, 4) is 0 Å². The monoisotopic (exact) mass is 595 g/mol. The average Bonchev–Trinajstić information content (AvgIpc) is 3.50. The molecule has 0 aromatic heterocycles. The van der Waals surface area contributed by atoms with Crippen LogP contribution in [0, 0.1) is 34.9 Å². The number of likely N-dealkylation sites (tertiary alicyclic amines) is 1. The minimum atomic E-state index is -1.43. The van der Waals surface area contributed by atoms with Crippen molar-refractivity contribution in [1.82, 2.24) is 15.5 Å². The molecule has 3 amide bonds. The van der Waals surface area contributed by atoms with E-state index in [4.69, 9.17) is 4.74 Å². The molecule has 38 heavy (non-hydrogen) atoms. The van der Waals surface area contributed by atoms with Gasteiger partial charge in [-0.25, -0.2) is 13.6 Å². The first-order valence-corrected chi connectivity index (χ1v) is 14.3. The number of hydrogen-bond donors (Lipinski definition) is 2. The Labute approximate surface area is 230 Å². The Morgan fingerprint density at radius 2 is 1.76 bits per heavy atom. The normalized spacial score (nSPS) is 31.3. The lowest BCUT2D eigenvalue weighted by Crippen LogP contribution is -2.56. The van der Waals surface area contributed by atoms with Crippen LogP contribution in [0.1, 0.15) is 58.4 Å². The molecule has 1 saturated heterocycles. The molecule has 4 fully saturated rings. The van der Waals surface area contributed by atoms with Gasteiger partial charge in [0.05, 0.1) is 24.4 Å². The maximum Gasteiger partial charge on any atom is 0.410 e. The van der Waals surface area contributed by atoms with E-state index in [1.165, 1.54) is 11.0 Å². The number of benzene rings is 1. The molecule has 5 rings (SSSR count). The van der Waals surface area contributed by atoms with Crippen molar-refractivity contribution >= 4 is 33.8 Å². The Balaban J connectivity index is 1.24. The molecular formula is C28H36BrF2N3O4. The van der Waals surface area contributed by atoms with Crippen molar-refractivity contribution in [1.29, 1.82) is 0 Å². The molecule has 6 atom stereocenters. The van der Waals surface area contributed by atoms with Gasteiger partial charge < -0.3 is 20.3 Å². The molecule has 4 aliphatic rings. The Kier molecular flexibility index (Phi) is 7.24. The van der Waals surface area contributed by atoms with E-state index in [1.807, 2.05) is 0 Å². The molecule has 2 bridgehead atoms. The lowest BCUT2D eigenvalue weighted by atomic mass is 9.78. The number of hydrogen-bond acceptors (Lipinski definition) is 4. The fourth-order valence-corrected chi connectivity index (χ4v) is 7.50. The summed E-state index contributed by atoms with van der Waals surface area (Å²) in [5, 5.41) is 5.78. The van der Waals surface area contributed by atoms with E-state index in [9.17, 15) is 18.8 Å². The highest BCUT2D eigenvalue weighted by Crippen LogP contribution is 2.74. The number of nitrogens with zero attached hydrogens (tertiary/aromatic N) is 1. The third kappa shape index (κ3) is 5.17. The Morgan fingerprint density at radius 3 is 2.34 bits per heavy atom. The predicted octanol–water partition coefficient (Wildman–Crippen LogP) is 4.72. The van der Waals surface area contributed by atoms with Gasteiger partial charge in [-0.05, 0) is 82.3 Å². The summed E-state index contributed by atoms with van der Waals surface area (Å²) in [7, 11) is 0. The van der Waals surface area contributed by atoms with Gasteiger partial charge in [-0.1, -0.05) is 22.0 Å². The predicted molar refractivity (Wildman–Crippen MR) is 140 cm³/mol. The molecule has 2 N–H and O–H groups in total. The molecule has 1 spiro atoms. The SMILES string of the molecule is CC(C)(C)OC(=O)N1CC[C@H](NC(=O)[C@H]2[C@H](C(=O)NCc3ccc(Br)cc3F)C3CC[C@H]2C32CC2)[C@@H](F)C1. The van der Waals surface area contributed by atoms with E-state index in [0.717, 1.165) is 25.7 Å². The number of rotatable bonds is 5. The van der Waals surface area contributed by atoms with E-state index < -0.39 is 41.6 Å². The fraction of sp³-hybridized carbons (Fsp3) is 0.679. The summed E-state index contributed by atoms with van der Waals surface area (Å²) >= 11 is 3.24. The van der Waals surface area contributed by atoms with Gasteiger partial charge in [0.1, 0.15) is 17.6 Å². The van der Waals surface area contributed by atoms with Gasteiger partial charge in [-0.3, -0.25) is 9.59 Å². The number of alkyl halides is 1. The van der Waals surface area contributed by atoms with E-state index >= 15 is 4.39 Å². The fourth-order valence-electron chi connectivity index (χ4n) is 7.17. The van der Waals surface area contributed by atoms with E-state index in [0.29, 0.717) is 10.0 Å². The van der Waals surface area contributed by atoms with Crippen LogP contribution >= 0.6 is 15.9 Å². The maximum absolute atomic E-state index is 15.1. The molecule has 10 heteroatoms. The number of piperidine rings is 1. The highest BCUT2D eigenvalue weighted by molar-refractivity contribution is 9.10. The minimum absolute atomic E-state index is 0.0298. The molecule has 7 nitrogen and oxygen atoms in total. The van der Waals surface area contributed by atoms with Gasteiger partial charge in [-0.2, -0.15) is 0 Å². The molecule has 3 aliphatic carbocycles. The quantitative estimate of drug-likeness (QED) is 0.515. The van der Waals surface area contributed by atoms with Crippen LogP contribution in [0.25, 0.3) is 0 Å². The standard InChI is InChI=1S/C28H36BrF2N3O4/c1-27(2,3)38-26(37)34-11-8-21(20(31)14-34)33-25(36)23-18-7-6-17(28(18)9-10-28)22(23)24(35)32-13-15-4-5-16(29)12-19(15)30/h4-5,12,17-18,20-23H,6-11,13-14H2,1-3H3,(H,32,35)(H,33,36)/t17?,18-,20+,21+,22-,23-/m1/s1. The van der Waals surface area contributed by atoms with Crippen molar-refractivity contribution in [2.24, 2.45) is 29.1 Å².